The van der Waals surface area contributed by atoms with Crippen molar-refractivity contribution in [1.29, 1.82) is 0 Å². The highest BCUT2D eigenvalue weighted by Crippen LogP contribution is 2.28. The Morgan fingerprint density at radius 2 is 1.96 bits per heavy atom. The number of likely N-dealkylation sites (N-methyl/N-ethyl adjacent to an activating group) is 1. The Morgan fingerprint density at radius 3 is 2.63 bits per heavy atom. The van der Waals surface area contributed by atoms with Gasteiger partial charge in [0.05, 0.1) is 7.11 Å². The summed E-state index contributed by atoms with van der Waals surface area (Å²) >= 11 is 0. The van der Waals surface area contributed by atoms with Crippen molar-refractivity contribution in [1.82, 2.24) is 20.9 Å². The highest BCUT2D eigenvalue weighted by molar-refractivity contribution is 5.94. The molecule has 1 aromatic rings. The first-order valence-corrected chi connectivity index (χ1v) is 8.86. The molecule has 0 spiro atoms. The maximum absolute atomic E-state index is 12.3. The predicted molar refractivity (Wildman–Crippen MR) is 106 cm³/mol. The van der Waals surface area contributed by atoms with E-state index in [1.54, 1.807) is 25.2 Å². The molecule has 0 saturated carbocycles. The molecule has 1 heterocycles. The Hall–Kier alpha value is -2.03. The zero-order chi connectivity index (χ0) is 18.8. The molecule has 27 heavy (non-hydrogen) atoms. The van der Waals surface area contributed by atoms with Crippen molar-refractivity contribution in [2.24, 2.45) is 0 Å². The summed E-state index contributed by atoms with van der Waals surface area (Å²) in [5.41, 5.74) is 0.497. The van der Waals surface area contributed by atoms with Gasteiger partial charge in [-0.15, -0.1) is 12.4 Å². The van der Waals surface area contributed by atoms with Crippen molar-refractivity contribution in [2.75, 3.05) is 60.0 Å². The van der Waals surface area contributed by atoms with E-state index in [0.29, 0.717) is 23.6 Å². The van der Waals surface area contributed by atoms with E-state index in [2.05, 4.69) is 20.9 Å². The van der Waals surface area contributed by atoms with E-state index in [9.17, 15) is 9.59 Å². The number of nitrogens with one attached hydrogen (secondary N) is 3. The molecule has 0 aliphatic carbocycles. The Kier molecular flexibility index (Phi) is 10.5. The lowest BCUT2D eigenvalue weighted by Gasteiger charge is -2.27. The van der Waals surface area contributed by atoms with Crippen molar-refractivity contribution >= 4 is 24.2 Å². The fourth-order valence-electron chi connectivity index (χ4n) is 2.68. The number of halogens is 1. The summed E-state index contributed by atoms with van der Waals surface area (Å²) in [4.78, 5) is 26.0. The van der Waals surface area contributed by atoms with Gasteiger partial charge in [0, 0.05) is 45.3 Å². The fourth-order valence-corrected chi connectivity index (χ4v) is 2.68. The highest BCUT2D eigenvalue weighted by atomic mass is 35.5. The van der Waals surface area contributed by atoms with Gasteiger partial charge in [-0.2, -0.15) is 0 Å². The van der Waals surface area contributed by atoms with E-state index in [1.165, 1.54) is 7.11 Å². The van der Waals surface area contributed by atoms with E-state index in [0.717, 1.165) is 39.1 Å². The molecule has 152 valence electrons. The van der Waals surface area contributed by atoms with Crippen LogP contribution in [-0.2, 0) is 4.79 Å². The normalized spacial score (nSPS) is 14.0. The van der Waals surface area contributed by atoms with Crippen LogP contribution in [-0.4, -0.2) is 76.7 Å². The van der Waals surface area contributed by atoms with Crippen LogP contribution in [0, 0.1) is 0 Å². The average molecular weight is 401 g/mol. The van der Waals surface area contributed by atoms with Crippen LogP contribution in [0.15, 0.2) is 18.2 Å². The largest absolute Gasteiger partial charge is 0.493 e. The molecule has 1 saturated heterocycles. The molecule has 1 aliphatic rings. The summed E-state index contributed by atoms with van der Waals surface area (Å²) in [5.74, 6) is 0.452. The third kappa shape index (κ3) is 7.62. The lowest BCUT2D eigenvalue weighted by molar-refractivity contribution is -0.122. The van der Waals surface area contributed by atoms with Crippen molar-refractivity contribution in [3.05, 3.63) is 23.8 Å². The van der Waals surface area contributed by atoms with Crippen LogP contribution < -0.4 is 25.4 Å². The van der Waals surface area contributed by atoms with Crippen molar-refractivity contribution in [3.8, 4) is 11.5 Å². The number of carbonyl (C=O) groups excluding carboxylic acids is 2. The molecule has 0 unspecified atom stereocenters. The van der Waals surface area contributed by atoms with Crippen LogP contribution in [0.1, 0.15) is 16.8 Å². The van der Waals surface area contributed by atoms with Crippen LogP contribution in [0.3, 0.4) is 0 Å². The fraction of sp³-hybridized carbons (Fsp3) is 0.556. The predicted octanol–water partition coefficient (Wildman–Crippen LogP) is 0.267. The maximum Gasteiger partial charge on any atom is 0.257 e. The molecule has 0 bridgehead atoms. The smallest absolute Gasteiger partial charge is 0.257 e. The molecule has 0 aromatic heterocycles. The van der Waals surface area contributed by atoms with Gasteiger partial charge in [0.15, 0.2) is 18.1 Å². The first-order chi connectivity index (χ1) is 12.6. The van der Waals surface area contributed by atoms with Crippen molar-refractivity contribution < 1.29 is 19.1 Å². The van der Waals surface area contributed by atoms with Crippen LogP contribution in [0.25, 0.3) is 0 Å². The van der Waals surface area contributed by atoms with Gasteiger partial charge < -0.3 is 30.3 Å². The first kappa shape index (κ1) is 23.0. The second-order valence-corrected chi connectivity index (χ2v) is 6.03. The molecule has 8 nitrogen and oxygen atoms in total. The monoisotopic (exact) mass is 400 g/mol. The number of ether oxygens (including phenoxy) is 2. The van der Waals surface area contributed by atoms with Gasteiger partial charge in [-0.1, -0.05) is 0 Å². The van der Waals surface area contributed by atoms with Crippen molar-refractivity contribution in [2.45, 2.75) is 6.42 Å². The van der Waals surface area contributed by atoms with Gasteiger partial charge in [-0.25, -0.2) is 0 Å². The van der Waals surface area contributed by atoms with Gasteiger partial charge in [-0.3, -0.25) is 9.59 Å². The zero-order valence-corrected chi connectivity index (χ0v) is 16.7. The van der Waals surface area contributed by atoms with E-state index >= 15 is 0 Å². The SMILES string of the molecule is CNC(=O)COc1ccc(C(=O)NCCCN2CCNCC2)cc1OC.Cl. The molecule has 1 aliphatic heterocycles. The minimum absolute atomic E-state index is 0. The minimum atomic E-state index is -0.238. The Morgan fingerprint density at radius 1 is 1.22 bits per heavy atom. The van der Waals surface area contributed by atoms with E-state index < -0.39 is 0 Å². The highest BCUT2D eigenvalue weighted by Gasteiger charge is 2.13. The van der Waals surface area contributed by atoms with Crippen LogP contribution >= 0.6 is 12.4 Å². The molecule has 1 aromatic carbocycles. The summed E-state index contributed by atoms with van der Waals surface area (Å²) in [6.07, 6.45) is 0.913. The van der Waals surface area contributed by atoms with Crippen molar-refractivity contribution in [3.63, 3.8) is 0 Å². The second-order valence-electron chi connectivity index (χ2n) is 6.03. The molecule has 0 radical (unpaired) electrons. The lowest BCUT2D eigenvalue weighted by Crippen LogP contribution is -2.44. The number of nitrogens with zero attached hydrogens (tertiary/aromatic N) is 1. The minimum Gasteiger partial charge on any atom is -0.493 e. The summed E-state index contributed by atoms with van der Waals surface area (Å²) in [5, 5.41) is 8.73. The first-order valence-electron chi connectivity index (χ1n) is 8.86. The Balaban J connectivity index is 0.00000364. The number of piperazine rings is 1. The third-order valence-electron chi connectivity index (χ3n) is 4.21. The standard InChI is InChI=1S/C18H28N4O4.ClH/c1-19-17(23)13-26-15-5-4-14(12-16(15)25-2)18(24)21-6-3-9-22-10-7-20-8-11-22;/h4-5,12,20H,3,6-11,13H2,1-2H3,(H,19,23)(H,21,24);1H. The number of amides is 2. The number of hydrogen-bond acceptors (Lipinski definition) is 6. The number of benzene rings is 1. The zero-order valence-electron chi connectivity index (χ0n) is 15.9. The molecule has 0 atom stereocenters. The quantitative estimate of drug-likeness (QED) is 0.515. The molecule has 9 heteroatoms. The molecule has 2 amide bonds. The number of hydrogen-bond donors (Lipinski definition) is 3. The van der Waals surface area contributed by atoms with Crippen LogP contribution in [0.4, 0.5) is 0 Å². The summed E-state index contributed by atoms with van der Waals surface area (Å²) < 4.78 is 10.7. The van der Waals surface area contributed by atoms with Gasteiger partial charge in [0.1, 0.15) is 0 Å². The number of carbonyl (C=O) groups is 2. The summed E-state index contributed by atoms with van der Waals surface area (Å²) in [6.45, 7) is 5.67. The van der Waals surface area contributed by atoms with E-state index in [1.807, 2.05) is 0 Å². The molecular weight excluding hydrogens is 372 g/mol. The van der Waals surface area contributed by atoms with Gasteiger partial charge in [0.2, 0.25) is 0 Å². The molecule has 3 N–H and O–H groups in total. The van der Waals surface area contributed by atoms with Gasteiger partial charge >= 0.3 is 0 Å². The van der Waals surface area contributed by atoms with Gasteiger partial charge in [-0.05, 0) is 31.2 Å². The second kappa shape index (κ2) is 12.4. The summed E-state index contributed by atoms with van der Waals surface area (Å²) in [7, 11) is 3.04. The lowest BCUT2D eigenvalue weighted by atomic mass is 10.2. The Bertz CT molecular complexity index is 609. The summed E-state index contributed by atoms with van der Waals surface area (Å²) in [6, 6.07) is 4.91. The Labute approximate surface area is 166 Å². The van der Waals surface area contributed by atoms with E-state index in [4.69, 9.17) is 9.47 Å². The number of rotatable bonds is 9. The van der Waals surface area contributed by atoms with Crippen LogP contribution in [0.5, 0.6) is 11.5 Å². The maximum atomic E-state index is 12.3. The van der Waals surface area contributed by atoms with Gasteiger partial charge in [0.25, 0.3) is 11.8 Å². The average Bonchev–Trinajstić information content (AvgIpc) is 2.69. The molecular formula is C18H29ClN4O4. The number of methoxy groups -OCH3 is 1. The van der Waals surface area contributed by atoms with E-state index in [-0.39, 0.29) is 30.8 Å². The van der Waals surface area contributed by atoms with Crippen LogP contribution in [0.2, 0.25) is 0 Å². The molecule has 2 rings (SSSR count). The topological polar surface area (TPSA) is 91.9 Å². The third-order valence-corrected chi connectivity index (χ3v) is 4.21. The molecule has 1 fully saturated rings.